The van der Waals surface area contributed by atoms with Crippen LogP contribution in [0, 0.1) is 0 Å². The van der Waals surface area contributed by atoms with E-state index in [2.05, 4.69) is 120 Å². The maximum Gasteiger partial charge on any atom is 0.0548 e. The van der Waals surface area contributed by atoms with Crippen molar-refractivity contribution < 1.29 is 0 Å². The molecule has 0 aliphatic rings. The largest absolute Gasteiger partial charge is 0.309 e. The molecule has 8 aromatic rings. The van der Waals surface area contributed by atoms with E-state index in [0.29, 0.717) is 0 Å². The summed E-state index contributed by atoms with van der Waals surface area (Å²) in [4.78, 5) is 0. The van der Waals surface area contributed by atoms with Crippen molar-refractivity contribution >= 4 is 74.9 Å². The quantitative estimate of drug-likeness (QED) is 0.235. The first kappa shape index (κ1) is 18.3. The SMILES string of the molecule is c1ccc(-n2c3cc4ccccc4cc3c3c4c(ccc32)sc2cc3ccccc3cc24)cc1. The summed E-state index contributed by atoms with van der Waals surface area (Å²) in [6, 6.07) is 42.2. The molecule has 0 unspecified atom stereocenters. The molecule has 0 aliphatic heterocycles. The van der Waals surface area contributed by atoms with Crippen LogP contribution in [0.2, 0.25) is 0 Å². The average molecular weight is 450 g/mol. The van der Waals surface area contributed by atoms with Crippen LogP contribution >= 0.6 is 11.3 Å². The minimum absolute atomic E-state index is 1.20. The van der Waals surface area contributed by atoms with Gasteiger partial charge in [0, 0.05) is 36.6 Å². The lowest BCUT2D eigenvalue weighted by atomic mass is 10.0. The Morgan fingerprint density at radius 2 is 1.06 bits per heavy atom. The van der Waals surface area contributed by atoms with E-state index in [4.69, 9.17) is 0 Å². The lowest BCUT2D eigenvalue weighted by Crippen LogP contribution is -1.92. The predicted octanol–water partition coefficient (Wildman–Crippen LogP) is 9.46. The first-order valence-corrected chi connectivity index (χ1v) is 12.4. The Balaban J connectivity index is 1.65. The second-order valence-corrected chi connectivity index (χ2v) is 10.1. The zero-order chi connectivity index (χ0) is 22.2. The number of rotatable bonds is 1. The highest BCUT2D eigenvalue weighted by molar-refractivity contribution is 7.26. The van der Waals surface area contributed by atoms with E-state index < -0.39 is 0 Å². The average Bonchev–Trinajstić information content (AvgIpc) is 3.40. The van der Waals surface area contributed by atoms with Gasteiger partial charge in [0.05, 0.1) is 11.0 Å². The van der Waals surface area contributed by atoms with Crippen molar-refractivity contribution in [3.63, 3.8) is 0 Å². The lowest BCUT2D eigenvalue weighted by Gasteiger charge is -2.08. The van der Waals surface area contributed by atoms with E-state index >= 15 is 0 Å². The van der Waals surface area contributed by atoms with Crippen LogP contribution in [0.25, 0.3) is 69.2 Å². The Labute approximate surface area is 200 Å². The Hall–Kier alpha value is -4.14. The molecule has 0 bridgehead atoms. The van der Waals surface area contributed by atoms with Gasteiger partial charge in [-0.3, -0.25) is 0 Å². The summed E-state index contributed by atoms with van der Waals surface area (Å²) < 4.78 is 5.13. The molecule has 8 rings (SSSR count). The predicted molar refractivity (Wildman–Crippen MR) is 149 cm³/mol. The molecule has 0 atom stereocenters. The summed E-state index contributed by atoms with van der Waals surface area (Å²) >= 11 is 1.90. The lowest BCUT2D eigenvalue weighted by molar-refractivity contribution is 1.18. The number of benzene rings is 6. The van der Waals surface area contributed by atoms with Crippen molar-refractivity contribution in [1.82, 2.24) is 4.57 Å². The van der Waals surface area contributed by atoms with Crippen molar-refractivity contribution in [3.8, 4) is 5.69 Å². The smallest absolute Gasteiger partial charge is 0.0548 e. The molecule has 0 N–H and O–H groups in total. The monoisotopic (exact) mass is 449 g/mol. The number of aromatic nitrogens is 1. The van der Waals surface area contributed by atoms with Gasteiger partial charge >= 0.3 is 0 Å². The normalized spacial score (nSPS) is 12.1. The van der Waals surface area contributed by atoms with Gasteiger partial charge in [0.2, 0.25) is 0 Å². The van der Waals surface area contributed by atoms with Crippen LogP contribution < -0.4 is 0 Å². The second kappa shape index (κ2) is 6.69. The van der Waals surface area contributed by atoms with Gasteiger partial charge in [-0.05, 0) is 70.1 Å². The Morgan fingerprint density at radius 3 is 1.79 bits per heavy atom. The fourth-order valence-electron chi connectivity index (χ4n) is 5.60. The Kier molecular flexibility index (Phi) is 3.60. The molecule has 0 radical (unpaired) electrons. The van der Waals surface area contributed by atoms with E-state index in [1.807, 2.05) is 11.3 Å². The molecular weight excluding hydrogens is 430 g/mol. The molecular formula is C32H19NS. The summed E-state index contributed by atoms with van der Waals surface area (Å²) in [6.45, 7) is 0. The van der Waals surface area contributed by atoms with Crippen molar-refractivity contribution in [1.29, 1.82) is 0 Å². The number of thiophene rings is 1. The van der Waals surface area contributed by atoms with Crippen LogP contribution in [0.4, 0.5) is 0 Å². The zero-order valence-corrected chi connectivity index (χ0v) is 19.1. The first-order chi connectivity index (χ1) is 16.8. The van der Waals surface area contributed by atoms with Gasteiger partial charge in [0.1, 0.15) is 0 Å². The van der Waals surface area contributed by atoms with Crippen molar-refractivity contribution in [2.45, 2.75) is 0 Å². The second-order valence-electron chi connectivity index (χ2n) is 9.02. The topological polar surface area (TPSA) is 4.93 Å². The molecule has 0 aliphatic carbocycles. The van der Waals surface area contributed by atoms with Crippen molar-refractivity contribution in [2.75, 3.05) is 0 Å². The number of nitrogens with zero attached hydrogens (tertiary/aromatic N) is 1. The van der Waals surface area contributed by atoms with Gasteiger partial charge in [-0.15, -0.1) is 11.3 Å². The molecule has 6 aromatic carbocycles. The molecule has 2 heterocycles. The van der Waals surface area contributed by atoms with Gasteiger partial charge < -0.3 is 4.57 Å². The molecule has 0 saturated heterocycles. The molecule has 2 heteroatoms. The van der Waals surface area contributed by atoms with E-state index in [1.54, 1.807) is 0 Å². The Bertz CT molecular complexity index is 2060. The fourth-order valence-corrected chi connectivity index (χ4v) is 6.74. The standard InChI is InChI=1S/C32H19NS/c1-2-12-24(13-3-1)33-27-14-15-29-32(26-17-21-9-5-7-11-23(21)19-30(26)34-29)31(27)25-16-20-8-4-6-10-22(20)18-28(25)33/h1-19H. The summed E-state index contributed by atoms with van der Waals surface area (Å²) in [5.74, 6) is 0. The third kappa shape index (κ3) is 2.43. The summed E-state index contributed by atoms with van der Waals surface area (Å²) in [6.07, 6.45) is 0. The van der Waals surface area contributed by atoms with Gasteiger partial charge in [0.15, 0.2) is 0 Å². The maximum absolute atomic E-state index is 2.43. The van der Waals surface area contributed by atoms with Gasteiger partial charge in [0.25, 0.3) is 0 Å². The van der Waals surface area contributed by atoms with E-state index in [0.717, 1.165) is 0 Å². The van der Waals surface area contributed by atoms with E-state index in [9.17, 15) is 0 Å². The van der Waals surface area contributed by atoms with Gasteiger partial charge in [-0.1, -0.05) is 66.7 Å². The first-order valence-electron chi connectivity index (χ1n) is 11.6. The molecule has 2 aromatic heterocycles. The number of fused-ring (bicyclic) bond motifs is 9. The molecule has 158 valence electrons. The maximum atomic E-state index is 2.43. The fraction of sp³-hybridized carbons (Fsp3) is 0. The van der Waals surface area contributed by atoms with Crippen LogP contribution in [0.15, 0.2) is 115 Å². The number of hydrogen-bond acceptors (Lipinski definition) is 1. The van der Waals surface area contributed by atoms with Crippen LogP contribution in [0.1, 0.15) is 0 Å². The molecule has 1 nitrogen and oxygen atoms in total. The molecule has 0 saturated carbocycles. The summed E-state index contributed by atoms with van der Waals surface area (Å²) in [5.41, 5.74) is 3.71. The van der Waals surface area contributed by atoms with Crippen LogP contribution in [0.3, 0.4) is 0 Å². The third-order valence-corrected chi connectivity index (χ3v) is 8.23. The van der Waals surface area contributed by atoms with Gasteiger partial charge in [-0.25, -0.2) is 0 Å². The highest BCUT2D eigenvalue weighted by atomic mass is 32.1. The molecule has 0 fully saturated rings. The third-order valence-electron chi connectivity index (χ3n) is 7.11. The minimum atomic E-state index is 1.20. The number of hydrogen-bond donors (Lipinski definition) is 0. The highest BCUT2D eigenvalue weighted by Gasteiger charge is 2.18. The number of para-hydroxylation sites is 1. The molecule has 0 amide bonds. The summed E-state index contributed by atoms with van der Waals surface area (Å²) in [5, 5.41) is 10.5. The van der Waals surface area contributed by atoms with Crippen molar-refractivity contribution in [3.05, 3.63) is 115 Å². The highest BCUT2D eigenvalue weighted by Crippen LogP contribution is 2.45. The van der Waals surface area contributed by atoms with E-state index in [-0.39, 0.29) is 0 Å². The molecule has 34 heavy (non-hydrogen) atoms. The van der Waals surface area contributed by atoms with E-state index in [1.165, 1.54) is 69.2 Å². The zero-order valence-electron chi connectivity index (χ0n) is 18.3. The van der Waals surface area contributed by atoms with Gasteiger partial charge in [-0.2, -0.15) is 0 Å². The molecule has 0 spiro atoms. The van der Waals surface area contributed by atoms with Crippen LogP contribution in [-0.2, 0) is 0 Å². The van der Waals surface area contributed by atoms with Crippen molar-refractivity contribution in [2.24, 2.45) is 0 Å². The minimum Gasteiger partial charge on any atom is -0.309 e. The summed E-state index contributed by atoms with van der Waals surface area (Å²) in [7, 11) is 0. The Morgan fingerprint density at radius 1 is 0.441 bits per heavy atom. The van der Waals surface area contributed by atoms with Crippen LogP contribution in [0.5, 0.6) is 0 Å². The van der Waals surface area contributed by atoms with Crippen LogP contribution in [-0.4, -0.2) is 4.57 Å².